The molecule has 0 heterocycles. The van der Waals surface area contributed by atoms with Gasteiger partial charge in [0.2, 0.25) is 0 Å². The summed E-state index contributed by atoms with van der Waals surface area (Å²) >= 11 is 9.07. The van der Waals surface area contributed by atoms with Gasteiger partial charge in [0.15, 0.2) is 0 Å². The molecule has 0 aliphatic heterocycles. The highest BCUT2D eigenvalue weighted by Crippen LogP contribution is 2.20. The number of hydrogen-bond donors (Lipinski definition) is 1. The van der Waals surface area contributed by atoms with Crippen molar-refractivity contribution in [2.45, 2.75) is 25.8 Å². The van der Waals surface area contributed by atoms with Crippen molar-refractivity contribution >= 4 is 33.4 Å². The van der Waals surface area contributed by atoms with E-state index >= 15 is 0 Å². The van der Waals surface area contributed by atoms with Crippen molar-refractivity contribution in [3.63, 3.8) is 0 Å². The molecule has 0 saturated heterocycles. The molecule has 94 valence electrons. The molecule has 0 unspecified atom stereocenters. The number of carbonyl (C=O) groups is 1. The van der Waals surface area contributed by atoms with Crippen molar-refractivity contribution < 1.29 is 9.18 Å². The van der Waals surface area contributed by atoms with E-state index in [-0.39, 0.29) is 22.0 Å². The van der Waals surface area contributed by atoms with E-state index < -0.39 is 5.82 Å². The number of rotatable bonds is 4. The van der Waals surface area contributed by atoms with Crippen LogP contribution in [0.25, 0.3) is 0 Å². The molecule has 17 heavy (non-hydrogen) atoms. The van der Waals surface area contributed by atoms with E-state index in [1.54, 1.807) is 0 Å². The molecule has 0 saturated carbocycles. The third kappa shape index (κ3) is 3.96. The Labute approximate surface area is 114 Å². The summed E-state index contributed by atoms with van der Waals surface area (Å²) in [4.78, 5) is 11.9. The van der Waals surface area contributed by atoms with Crippen LogP contribution in [0.2, 0.25) is 5.02 Å². The summed E-state index contributed by atoms with van der Waals surface area (Å²) in [6, 6.07) is 4.20. The fraction of sp³-hybridized carbons (Fsp3) is 0.417. The third-order valence-corrected chi connectivity index (χ3v) is 3.15. The van der Waals surface area contributed by atoms with Gasteiger partial charge in [-0.3, -0.25) is 4.79 Å². The number of carbonyl (C=O) groups excluding carboxylic acids is 1. The molecule has 0 aliphatic carbocycles. The molecule has 1 N–H and O–H groups in total. The van der Waals surface area contributed by atoms with E-state index in [0.29, 0.717) is 0 Å². The monoisotopic (exact) mass is 321 g/mol. The van der Waals surface area contributed by atoms with Crippen molar-refractivity contribution in [1.82, 2.24) is 5.32 Å². The molecule has 0 aromatic heterocycles. The number of halogens is 3. The molecular weight excluding hydrogens is 308 g/mol. The zero-order valence-corrected chi connectivity index (χ0v) is 12.0. The zero-order chi connectivity index (χ0) is 13.1. The van der Waals surface area contributed by atoms with Crippen LogP contribution in [0.4, 0.5) is 4.39 Å². The zero-order valence-electron chi connectivity index (χ0n) is 9.69. The van der Waals surface area contributed by atoms with Gasteiger partial charge >= 0.3 is 0 Å². The topological polar surface area (TPSA) is 29.1 Å². The summed E-state index contributed by atoms with van der Waals surface area (Å²) in [6.45, 7) is 3.80. The number of amides is 1. The smallest absolute Gasteiger partial charge is 0.253 e. The van der Waals surface area contributed by atoms with Crippen LogP contribution in [-0.2, 0) is 0 Å². The third-order valence-electron chi connectivity index (χ3n) is 2.37. The van der Waals surface area contributed by atoms with Crippen LogP contribution in [0.15, 0.2) is 18.2 Å². The van der Waals surface area contributed by atoms with Gasteiger partial charge in [0.25, 0.3) is 5.91 Å². The largest absolute Gasteiger partial charge is 0.347 e. The molecule has 0 fully saturated rings. The first-order chi connectivity index (χ1) is 7.87. The lowest BCUT2D eigenvalue weighted by Crippen LogP contribution is -2.43. The fourth-order valence-electron chi connectivity index (χ4n) is 1.35. The summed E-state index contributed by atoms with van der Waals surface area (Å²) in [5, 5.41) is 3.46. The van der Waals surface area contributed by atoms with Crippen molar-refractivity contribution in [2.24, 2.45) is 0 Å². The fourth-order valence-corrected chi connectivity index (χ4v) is 2.56. The molecule has 1 aromatic rings. The lowest BCUT2D eigenvalue weighted by Gasteiger charge is -2.25. The Kier molecular flexibility index (Phi) is 4.95. The molecule has 0 atom stereocenters. The molecular formula is C12H14BrClFNO. The first kappa shape index (κ1) is 14.5. The maximum atomic E-state index is 13.2. The summed E-state index contributed by atoms with van der Waals surface area (Å²) in [5.74, 6) is -0.946. The van der Waals surface area contributed by atoms with Gasteiger partial charge in [0.1, 0.15) is 5.82 Å². The van der Waals surface area contributed by atoms with Crippen LogP contribution in [-0.4, -0.2) is 16.8 Å². The van der Waals surface area contributed by atoms with Gasteiger partial charge in [-0.05, 0) is 32.4 Å². The molecule has 0 bridgehead atoms. The highest BCUT2D eigenvalue weighted by molar-refractivity contribution is 9.09. The average Bonchev–Trinajstić information content (AvgIpc) is 2.21. The van der Waals surface area contributed by atoms with Crippen LogP contribution in [0.1, 0.15) is 30.6 Å². The van der Waals surface area contributed by atoms with E-state index in [1.807, 2.05) is 13.8 Å². The number of benzene rings is 1. The van der Waals surface area contributed by atoms with Gasteiger partial charge in [0, 0.05) is 10.9 Å². The Balaban J connectivity index is 2.87. The molecule has 5 heteroatoms. The molecule has 1 rings (SSSR count). The molecule has 1 aromatic carbocycles. The second-order valence-electron chi connectivity index (χ2n) is 4.38. The Morgan fingerprint density at radius 1 is 1.53 bits per heavy atom. The molecule has 2 nitrogen and oxygen atoms in total. The van der Waals surface area contributed by atoms with Gasteiger partial charge in [-0.25, -0.2) is 4.39 Å². The first-order valence-electron chi connectivity index (χ1n) is 5.20. The van der Waals surface area contributed by atoms with E-state index in [2.05, 4.69) is 21.2 Å². The average molecular weight is 323 g/mol. The number of nitrogens with one attached hydrogen (secondary N) is 1. The van der Waals surface area contributed by atoms with Crippen LogP contribution in [0.3, 0.4) is 0 Å². The predicted octanol–water partition coefficient (Wildman–Crippen LogP) is 3.77. The Morgan fingerprint density at radius 3 is 2.76 bits per heavy atom. The standard InChI is InChI=1S/C12H14BrClFNO/c1-12(2,6-7-13)16-11(17)8-4-3-5-9(15)10(8)14/h3-5H,6-7H2,1-2H3,(H,16,17). The Hall–Kier alpha value is -0.610. The number of hydrogen-bond acceptors (Lipinski definition) is 1. The first-order valence-corrected chi connectivity index (χ1v) is 6.70. The van der Waals surface area contributed by atoms with Crippen molar-refractivity contribution in [2.75, 3.05) is 5.33 Å². The Bertz CT molecular complexity index is 423. The second-order valence-corrected chi connectivity index (χ2v) is 5.55. The summed E-state index contributed by atoms with van der Waals surface area (Å²) in [6.07, 6.45) is 0.770. The number of alkyl halides is 1. The van der Waals surface area contributed by atoms with Gasteiger partial charge in [-0.2, -0.15) is 0 Å². The SMILES string of the molecule is CC(C)(CCBr)NC(=O)c1cccc(F)c1Cl. The summed E-state index contributed by atoms with van der Waals surface area (Å²) in [5.41, 5.74) is -0.203. The van der Waals surface area contributed by atoms with E-state index in [1.165, 1.54) is 18.2 Å². The van der Waals surface area contributed by atoms with Crippen LogP contribution >= 0.6 is 27.5 Å². The predicted molar refractivity (Wildman–Crippen MR) is 71.4 cm³/mol. The van der Waals surface area contributed by atoms with E-state index in [0.717, 1.165) is 11.8 Å². The van der Waals surface area contributed by atoms with Gasteiger partial charge in [0.05, 0.1) is 10.6 Å². The van der Waals surface area contributed by atoms with Crippen LogP contribution in [0, 0.1) is 5.82 Å². The van der Waals surface area contributed by atoms with Crippen LogP contribution in [0.5, 0.6) is 0 Å². The van der Waals surface area contributed by atoms with E-state index in [4.69, 9.17) is 11.6 Å². The quantitative estimate of drug-likeness (QED) is 0.840. The molecule has 0 radical (unpaired) electrons. The minimum Gasteiger partial charge on any atom is -0.347 e. The van der Waals surface area contributed by atoms with Gasteiger partial charge in [-0.15, -0.1) is 0 Å². The Morgan fingerprint density at radius 2 is 2.18 bits per heavy atom. The molecule has 1 amide bonds. The van der Waals surface area contributed by atoms with Crippen molar-refractivity contribution in [3.05, 3.63) is 34.6 Å². The summed E-state index contributed by atoms with van der Waals surface area (Å²) in [7, 11) is 0. The maximum absolute atomic E-state index is 13.2. The normalized spacial score (nSPS) is 11.4. The van der Waals surface area contributed by atoms with Gasteiger partial charge < -0.3 is 5.32 Å². The van der Waals surface area contributed by atoms with Crippen molar-refractivity contribution in [3.8, 4) is 0 Å². The van der Waals surface area contributed by atoms with Crippen LogP contribution < -0.4 is 5.32 Å². The van der Waals surface area contributed by atoms with E-state index in [9.17, 15) is 9.18 Å². The lowest BCUT2D eigenvalue weighted by atomic mass is 10.0. The highest BCUT2D eigenvalue weighted by atomic mass is 79.9. The molecule has 0 aliphatic rings. The van der Waals surface area contributed by atoms with Gasteiger partial charge in [-0.1, -0.05) is 33.6 Å². The highest BCUT2D eigenvalue weighted by Gasteiger charge is 2.22. The second kappa shape index (κ2) is 5.83. The minimum absolute atomic E-state index is 0.139. The minimum atomic E-state index is -0.586. The molecule has 0 spiro atoms. The summed E-state index contributed by atoms with van der Waals surface area (Å²) < 4.78 is 13.2. The van der Waals surface area contributed by atoms with Crippen molar-refractivity contribution in [1.29, 1.82) is 0 Å². The lowest BCUT2D eigenvalue weighted by molar-refractivity contribution is 0.0911. The maximum Gasteiger partial charge on any atom is 0.253 e.